The van der Waals surface area contributed by atoms with Crippen molar-refractivity contribution in [2.45, 2.75) is 32.5 Å². The van der Waals surface area contributed by atoms with Crippen molar-refractivity contribution in [1.29, 1.82) is 5.26 Å². The van der Waals surface area contributed by atoms with Crippen LogP contribution in [0.25, 0.3) is 0 Å². The molecule has 3 rings (SSSR count). The maximum atomic E-state index is 9.54. The van der Waals surface area contributed by atoms with E-state index in [2.05, 4.69) is 42.9 Å². The third-order valence-corrected chi connectivity index (χ3v) is 4.92. The average molecular weight is 298 g/mol. The van der Waals surface area contributed by atoms with Gasteiger partial charge >= 0.3 is 0 Å². The number of hydrogen-bond acceptors (Lipinski definition) is 5. The number of ether oxygens (including phenoxy) is 1. The third kappa shape index (κ3) is 2.35. The van der Waals surface area contributed by atoms with Crippen molar-refractivity contribution in [3.05, 3.63) is 47.4 Å². The summed E-state index contributed by atoms with van der Waals surface area (Å²) in [6.07, 6.45) is 0.787. The Morgan fingerprint density at radius 1 is 1.32 bits per heavy atom. The molecule has 5 atom stereocenters. The van der Waals surface area contributed by atoms with E-state index in [1.807, 2.05) is 18.2 Å². The molecular formula is C17H22N4O. The smallest absolute Gasteiger partial charge is 0.200 e. The molecule has 0 bridgehead atoms. The van der Waals surface area contributed by atoms with Crippen LogP contribution in [0, 0.1) is 29.1 Å². The van der Waals surface area contributed by atoms with E-state index in [0.717, 1.165) is 6.42 Å². The average Bonchev–Trinajstić information content (AvgIpc) is 2.96. The van der Waals surface area contributed by atoms with Crippen LogP contribution in [0.3, 0.4) is 0 Å². The number of allylic oxidation sites excluding steroid dienone is 1. The van der Waals surface area contributed by atoms with Crippen molar-refractivity contribution in [3.8, 4) is 6.07 Å². The fraction of sp³-hybridized carbons (Fsp3) is 0.471. The molecule has 5 heteroatoms. The molecule has 22 heavy (non-hydrogen) atoms. The quantitative estimate of drug-likeness (QED) is 0.796. The molecular weight excluding hydrogens is 276 g/mol. The van der Waals surface area contributed by atoms with Crippen LogP contribution in [0.2, 0.25) is 0 Å². The maximum absolute atomic E-state index is 9.54. The lowest BCUT2D eigenvalue weighted by Gasteiger charge is -2.38. The zero-order chi connectivity index (χ0) is 15.7. The Morgan fingerprint density at radius 2 is 2.05 bits per heavy atom. The molecule has 0 aromatic heterocycles. The zero-order valence-electron chi connectivity index (χ0n) is 12.9. The van der Waals surface area contributed by atoms with Gasteiger partial charge in [-0.15, -0.1) is 0 Å². The molecule has 5 nitrogen and oxygen atoms in total. The molecule has 0 radical (unpaired) electrons. The molecule has 0 saturated carbocycles. The normalized spacial score (nSPS) is 32.0. The van der Waals surface area contributed by atoms with Gasteiger partial charge < -0.3 is 10.5 Å². The number of nitrogens with zero attached hydrogens (tertiary/aromatic N) is 1. The van der Waals surface area contributed by atoms with E-state index in [1.54, 1.807) is 0 Å². The minimum absolute atomic E-state index is 0.0847. The van der Waals surface area contributed by atoms with Crippen LogP contribution in [-0.4, -0.2) is 6.23 Å². The van der Waals surface area contributed by atoms with Gasteiger partial charge in [-0.05, 0) is 11.5 Å². The number of nitrogens with one attached hydrogen (secondary N) is 2. The van der Waals surface area contributed by atoms with E-state index in [9.17, 15) is 5.26 Å². The van der Waals surface area contributed by atoms with Gasteiger partial charge in [0, 0.05) is 11.8 Å². The van der Waals surface area contributed by atoms with Gasteiger partial charge in [0.25, 0.3) is 0 Å². The molecule has 0 spiro atoms. The van der Waals surface area contributed by atoms with Crippen LogP contribution in [-0.2, 0) is 4.74 Å². The molecule has 1 aromatic rings. The minimum atomic E-state index is -0.207. The first kappa shape index (κ1) is 14.9. The van der Waals surface area contributed by atoms with Crippen molar-refractivity contribution in [3.63, 3.8) is 0 Å². The van der Waals surface area contributed by atoms with E-state index in [-0.39, 0.29) is 30.0 Å². The predicted octanol–water partition coefficient (Wildman–Crippen LogP) is 2.16. The summed E-state index contributed by atoms with van der Waals surface area (Å²) in [5, 5.41) is 9.54. The first-order valence-corrected chi connectivity index (χ1v) is 7.79. The first-order valence-electron chi connectivity index (χ1n) is 7.79. The van der Waals surface area contributed by atoms with Crippen molar-refractivity contribution in [2.24, 2.45) is 23.5 Å². The molecule has 5 unspecified atom stereocenters. The van der Waals surface area contributed by atoms with Gasteiger partial charge in [-0.1, -0.05) is 50.6 Å². The van der Waals surface area contributed by atoms with Crippen LogP contribution in [0.5, 0.6) is 0 Å². The van der Waals surface area contributed by atoms with Gasteiger partial charge in [0.1, 0.15) is 6.07 Å². The number of hydrazine groups is 1. The highest BCUT2D eigenvalue weighted by molar-refractivity contribution is 5.33. The van der Waals surface area contributed by atoms with E-state index in [1.165, 1.54) is 5.56 Å². The molecule has 4 N–H and O–H groups in total. The number of rotatable bonds is 3. The SMILES string of the molecule is CCC(C)C1C(C#N)=C(N)OC2NNC(c3ccccc3)C21. The lowest BCUT2D eigenvalue weighted by molar-refractivity contribution is 0.00750. The van der Waals surface area contributed by atoms with Crippen molar-refractivity contribution >= 4 is 0 Å². The number of nitrogens with two attached hydrogens (primary N) is 1. The highest BCUT2D eigenvalue weighted by Crippen LogP contribution is 2.45. The zero-order valence-corrected chi connectivity index (χ0v) is 12.9. The fourth-order valence-electron chi connectivity index (χ4n) is 3.61. The second-order valence-electron chi connectivity index (χ2n) is 6.09. The summed E-state index contributed by atoms with van der Waals surface area (Å²) in [7, 11) is 0. The second-order valence-corrected chi connectivity index (χ2v) is 6.09. The highest BCUT2D eigenvalue weighted by Gasteiger charge is 2.49. The first-order chi connectivity index (χ1) is 10.7. The summed E-state index contributed by atoms with van der Waals surface area (Å²) in [6.45, 7) is 4.33. The van der Waals surface area contributed by atoms with Crippen molar-refractivity contribution < 1.29 is 4.74 Å². The summed E-state index contributed by atoms with van der Waals surface area (Å²) in [5.41, 5.74) is 14.3. The van der Waals surface area contributed by atoms with Crippen molar-refractivity contribution in [2.75, 3.05) is 0 Å². The number of nitriles is 1. The van der Waals surface area contributed by atoms with Gasteiger partial charge in [-0.2, -0.15) is 5.26 Å². The summed E-state index contributed by atoms with van der Waals surface area (Å²) in [5.74, 6) is 0.843. The topological polar surface area (TPSA) is 83.1 Å². The molecule has 1 saturated heterocycles. The molecule has 2 heterocycles. The van der Waals surface area contributed by atoms with Gasteiger partial charge in [-0.25, -0.2) is 10.9 Å². The van der Waals surface area contributed by atoms with Crippen LogP contribution in [0.1, 0.15) is 31.9 Å². The Balaban J connectivity index is 2.02. The summed E-state index contributed by atoms with van der Waals surface area (Å²) >= 11 is 0. The molecule has 116 valence electrons. The van der Waals surface area contributed by atoms with E-state index >= 15 is 0 Å². The standard InChI is InChI=1S/C17H22N4O/c1-3-10(2)13-12(9-18)16(19)22-17-14(13)15(20-21-17)11-7-5-4-6-8-11/h4-8,10,13-15,17,20-21H,3,19H2,1-2H3. The monoisotopic (exact) mass is 298 g/mol. The Hall–Kier alpha value is -2.03. The fourth-order valence-corrected chi connectivity index (χ4v) is 3.61. The van der Waals surface area contributed by atoms with Gasteiger partial charge in [0.05, 0.1) is 11.6 Å². The van der Waals surface area contributed by atoms with Crippen LogP contribution in [0.15, 0.2) is 41.8 Å². The van der Waals surface area contributed by atoms with Gasteiger partial charge in [-0.3, -0.25) is 0 Å². The Morgan fingerprint density at radius 3 is 2.68 bits per heavy atom. The van der Waals surface area contributed by atoms with Crippen LogP contribution >= 0.6 is 0 Å². The molecule has 0 amide bonds. The summed E-state index contributed by atoms with van der Waals surface area (Å²) in [6, 6.07) is 12.6. The Bertz CT molecular complexity index is 607. The lowest BCUT2D eigenvalue weighted by Crippen LogP contribution is -2.43. The largest absolute Gasteiger partial charge is 0.458 e. The minimum Gasteiger partial charge on any atom is -0.458 e. The van der Waals surface area contributed by atoms with E-state index in [0.29, 0.717) is 11.5 Å². The highest BCUT2D eigenvalue weighted by atomic mass is 16.5. The van der Waals surface area contributed by atoms with Crippen LogP contribution < -0.4 is 16.6 Å². The Labute approximate surface area is 131 Å². The second kappa shape index (κ2) is 5.99. The molecule has 1 aromatic carbocycles. The number of fused-ring (bicyclic) bond motifs is 1. The van der Waals surface area contributed by atoms with E-state index < -0.39 is 0 Å². The third-order valence-electron chi connectivity index (χ3n) is 4.92. The summed E-state index contributed by atoms with van der Waals surface area (Å²) in [4.78, 5) is 0. The molecule has 2 aliphatic rings. The molecule has 2 aliphatic heterocycles. The van der Waals surface area contributed by atoms with Crippen LogP contribution in [0.4, 0.5) is 0 Å². The maximum Gasteiger partial charge on any atom is 0.200 e. The predicted molar refractivity (Wildman–Crippen MR) is 83.6 cm³/mol. The number of hydrogen-bond donors (Lipinski definition) is 3. The van der Waals surface area contributed by atoms with Gasteiger partial charge in [0.2, 0.25) is 0 Å². The van der Waals surface area contributed by atoms with E-state index in [4.69, 9.17) is 10.5 Å². The molecule has 1 fully saturated rings. The van der Waals surface area contributed by atoms with Crippen molar-refractivity contribution in [1.82, 2.24) is 10.9 Å². The molecule has 0 aliphatic carbocycles. The summed E-state index contributed by atoms with van der Waals surface area (Å²) < 4.78 is 5.75. The Kier molecular flexibility index (Phi) is 4.06. The lowest BCUT2D eigenvalue weighted by atomic mass is 9.71. The number of benzene rings is 1. The van der Waals surface area contributed by atoms with Gasteiger partial charge in [0.15, 0.2) is 12.1 Å².